The number of fused-ring (bicyclic) bond motifs is 1. The minimum atomic E-state index is -0.0508. The van der Waals surface area contributed by atoms with E-state index in [1.165, 1.54) is 6.42 Å². The van der Waals surface area contributed by atoms with E-state index >= 15 is 0 Å². The number of carbonyl (C=O) groups excluding carboxylic acids is 2. The number of hydrogen-bond acceptors (Lipinski definition) is 3. The number of anilines is 1. The molecule has 0 saturated carbocycles. The number of piperidine rings is 1. The van der Waals surface area contributed by atoms with E-state index < -0.39 is 0 Å². The zero-order chi connectivity index (χ0) is 22.2. The molecule has 1 aromatic heterocycles. The first-order valence-electron chi connectivity index (χ1n) is 11.3. The van der Waals surface area contributed by atoms with Gasteiger partial charge in [0.15, 0.2) is 0 Å². The summed E-state index contributed by atoms with van der Waals surface area (Å²) in [6, 6.07) is 16.0. The van der Waals surface area contributed by atoms with Crippen LogP contribution in [0.4, 0.5) is 5.69 Å². The molecule has 2 aliphatic rings. The van der Waals surface area contributed by atoms with Gasteiger partial charge in [0.25, 0.3) is 0 Å². The zero-order valence-electron chi connectivity index (χ0n) is 18.2. The molecule has 0 spiro atoms. The molecule has 0 N–H and O–H groups in total. The van der Waals surface area contributed by atoms with Gasteiger partial charge in [-0.1, -0.05) is 28.1 Å². The molecule has 32 heavy (non-hydrogen) atoms. The second-order valence-electron chi connectivity index (χ2n) is 8.86. The topological polar surface area (TPSA) is 58.4 Å². The van der Waals surface area contributed by atoms with E-state index in [1.807, 2.05) is 62.9 Å². The van der Waals surface area contributed by atoms with Crippen molar-refractivity contribution < 1.29 is 9.59 Å². The molecule has 2 fully saturated rings. The van der Waals surface area contributed by atoms with E-state index in [9.17, 15) is 9.59 Å². The first-order valence-corrected chi connectivity index (χ1v) is 12.1. The van der Waals surface area contributed by atoms with Gasteiger partial charge in [-0.25, -0.2) is 4.98 Å². The normalized spacial score (nSPS) is 21.5. The summed E-state index contributed by atoms with van der Waals surface area (Å²) in [5.41, 5.74) is 2.72. The predicted octanol–water partition coefficient (Wildman–Crippen LogP) is 4.72. The molecule has 0 aliphatic carbocycles. The maximum atomic E-state index is 13.3. The molecule has 2 aromatic carbocycles. The number of para-hydroxylation sites is 2. The highest BCUT2D eigenvalue weighted by atomic mass is 79.9. The van der Waals surface area contributed by atoms with Crippen LogP contribution in [0, 0.1) is 0 Å². The number of nitrogens with zero attached hydrogens (tertiary/aromatic N) is 4. The fourth-order valence-corrected chi connectivity index (χ4v) is 5.28. The second kappa shape index (κ2) is 8.70. The molecule has 2 unspecified atom stereocenters. The van der Waals surface area contributed by atoms with Crippen LogP contribution in [0.3, 0.4) is 0 Å². The van der Waals surface area contributed by atoms with Gasteiger partial charge >= 0.3 is 0 Å². The molecule has 2 saturated heterocycles. The molecule has 166 valence electrons. The molecule has 7 heteroatoms. The third kappa shape index (κ3) is 3.94. The number of benzene rings is 2. The molecule has 3 aromatic rings. The summed E-state index contributed by atoms with van der Waals surface area (Å²) in [6.07, 6.45) is 3.70. The summed E-state index contributed by atoms with van der Waals surface area (Å²) < 4.78 is 3.03. The number of hydrogen-bond donors (Lipinski definition) is 0. The number of likely N-dealkylation sites (tertiary alicyclic amines) is 1. The van der Waals surface area contributed by atoms with Crippen LogP contribution in [-0.2, 0) is 16.1 Å². The molecule has 5 rings (SSSR count). The largest absolute Gasteiger partial charge is 0.338 e. The number of imidazole rings is 1. The summed E-state index contributed by atoms with van der Waals surface area (Å²) in [5, 5.41) is 0. The number of halogens is 1. The highest BCUT2D eigenvalue weighted by molar-refractivity contribution is 9.10. The summed E-state index contributed by atoms with van der Waals surface area (Å²) in [4.78, 5) is 34.9. The molecule has 0 radical (unpaired) electrons. The first kappa shape index (κ1) is 21.2. The molecule has 2 amide bonds. The third-order valence-corrected chi connectivity index (χ3v) is 7.26. The number of carbonyl (C=O) groups is 2. The minimum Gasteiger partial charge on any atom is -0.338 e. The smallest absolute Gasteiger partial charge is 0.242 e. The van der Waals surface area contributed by atoms with Crippen molar-refractivity contribution in [1.82, 2.24) is 14.5 Å². The van der Waals surface area contributed by atoms with Crippen LogP contribution >= 0.6 is 15.9 Å². The summed E-state index contributed by atoms with van der Waals surface area (Å²) in [6.45, 7) is 3.79. The van der Waals surface area contributed by atoms with Gasteiger partial charge < -0.3 is 14.4 Å². The number of aromatic nitrogens is 2. The Bertz CT molecular complexity index is 1160. The van der Waals surface area contributed by atoms with Crippen molar-refractivity contribution in [3.8, 4) is 0 Å². The van der Waals surface area contributed by atoms with Crippen molar-refractivity contribution in [3.05, 3.63) is 58.8 Å². The van der Waals surface area contributed by atoms with Crippen molar-refractivity contribution in [2.75, 3.05) is 18.0 Å². The monoisotopic (exact) mass is 494 g/mol. The van der Waals surface area contributed by atoms with Crippen molar-refractivity contribution in [1.29, 1.82) is 0 Å². The standard InChI is InChI=1S/C25H27BrN4O2/c1-17-6-4-5-13-28(17)24(32)16-30-22-8-3-2-7-21(22)27-25(30)18-14-23(31)29(15-18)20-11-9-19(26)10-12-20/h2-3,7-12,17-18H,4-6,13-16H2,1H3. The van der Waals surface area contributed by atoms with Crippen molar-refractivity contribution in [3.63, 3.8) is 0 Å². The van der Waals surface area contributed by atoms with Crippen LogP contribution in [-0.4, -0.2) is 45.4 Å². The van der Waals surface area contributed by atoms with Crippen LogP contribution in [0.2, 0.25) is 0 Å². The van der Waals surface area contributed by atoms with Crippen LogP contribution in [0.1, 0.15) is 44.3 Å². The fourth-order valence-electron chi connectivity index (χ4n) is 5.02. The van der Waals surface area contributed by atoms with Gasteiger partial charge in [-0.15, -0.1) is 0 Å². The Labute approximate surface area is 196 Å². The van der Waals surface area contributed by atoms with E-state index in [4.69, 9.17) is 4.98 Å². The Morgan fingerprint density at radius 1 is 1.12 bits per heavy atom. The molecule has 0 bridgehead atoms. The number of amides is 2. The Morgan fingerprint density at radius 2 is 1.91 bits per heavy atom. The maximum absolute atomic E-state index is 13.3. The van der Waals surface area contributed by atoms with Crippen molar-refractivity contribution >= 4 is 44.5 Å². The van der Waals surface area contributed by atoms with Gasteiger partial charge in [0, 0.05) is 41.6 Å². The van der Waals surface area contributed by atoms with E-state index in [1.54, 1.807) is 0 Å². The quantitative estimate of drug-likeness (QED) is 0.527. The summed E-state index contributed by atoms with van der Waals surface area (Å²) in [5.74, 6) is 1.00. The lowest BCUT2D eigenvalue weighted by molar-refractivity contribution is -0.135. The molecule has 3 heterocycles. The van der Waals surface area contributed by atoms with Gasteiger partial charge in [0.1, 0.15) is 12.4 Å². The second-order valence-corrected chi connectivity index (χ2v) is 9.77. The molecule has 2 aliphatic heterocycles. The van der Waals surface area contributed by atoms with Gasteiger partial charge in [-0.05, 0) is 62.6 Å². The van der Waals surface area contributed by atoms with Crippen molar-refractivity contribution in [2.24, 2.45) is 0 Å². The molecule has 2 atom stereocenters. The van der Waals surface area contributed by atoms with Crippen LogP contribution in [0.15, 0.2) is 53.0 Å². The van der Waals surface area contributed by atoms with Gasteiger partial charge in [-0.3, -0.25) is 9.59 Å². The highest BCUT2D eigenvalue weighted by Gasteiger charge is 2.35. The average Bonchev–Trinajstić information content (AvgIpc) is 3.35. The minimum absolute atomic E-state index is 0.0508. The van der Waals surface area contributed by atoms with E-state index in [0.717, 1.165) is 46.4 Å². The number of rotatable bonds is 4. The maximum Gasteiger partial charge on any atom is 0.242 e. The zero-order valence-corrected chi connectivity index (χ0v) is 19.8. The summed E-state index contributed by atoms with van der Waals surface area (Å²) in [7, 11) is 0. The van der Waals surface area contributed by atoms with Crippen LogP contribution in [0.25, 0.3) is 11.0 Å². The fraction of sp³-hybridized carbons (Fsp3) is 0.400. The van der Waals surface area contributed by atoms with E-state index in [-0.39, 0.29) is 30.3 Å². The average molecular weight is 495 g/mol. The lowest BCUT2D eigenvalue weighted by Gasteiger charge is -2.33. The highest BCUT2D eigenvalue weighted by Crippen LogP contribution is 2.34. The third-order valence-electron chi connectivity index (χ3n) is 6.73. The van der Waals surface area contributed by atoms with E-state index in [0.29, 0.717) is 13.0 Å². The van der Waals surface area contributed by atoms with Crippen LogP contribution in [0.5, 0.6) is 0 Å². The van der Waals surface area contributed by atoms with E-state index in [2.05, 4.69) is 22.9 Å². The van der Waals surface area contributed by atoms with Crippen molar-refractivity contribution in [2.45, 2.75) is 51.1 Å². The summed E-state index contributed by atoms with van der Waals surface area (Å²) >= 11 is 3.45. The Kier molecular flexibility index (Phi) is 5.76. The van der Waals surface area contributed by atoms with Gasteiger partial charge in [0.2, 0.25) is 11.8 Å². The Balaban J connectivity index is 1.46. The lowest BCUT2D eigenvalue weighted by Crippen LogP contribution is -2.43. The molecular formula is C25H27BrN4O2. The molecular weight excluding hydrogens is 468 g/mol. The lowest BCUT2D eigenvalue weighted by atomic mass is 10.0. The first-order chi connectivity index (χ1) is 15.5. The Hall–Kier alpha value is -2.67. The van der Waals surface area contributed by atoms with Crippen LogP contribution < -0.4 is 4.90 Å². The van der Waals surface area contributed by atoms with Gasteiger partial charge in [-0.2, -0.15) is 0 Å². The molecule has 6 nitrogen and oxygen atoms in total. The SMILES string of the molecule is CC1CCCCN1C(=O)Cn1c(C2CC(=O)N(c3ccc(Br)cc3)C2)nc2ccccc21. The Morgan fingerprint density at radius 3 is 2.69 bits per heavy atom. The predicted molar refractivity (Wildman–Crippen MR) is 129 cm³/mol. The van der Waals surface area contributed by atoms with Gasteiger partial charge in [0.05, 0.1) is 11.0 Å².